The molecule has 0 aromatic rings. The lowest BCUT2D eigenvalue weighted by molar-refractivity contribution is -0.0806. The third-order valence-electron chi connectivity index (χ3n) is 1.18. The Kier molecular flexibility index (Phi) is 4.41. The van der Waals surface area contributed by atoms with Crippen molar-refractivity contribution in [3.8, 4) is 24.7 Å². The lowest BCUT2D eigenvalue weighted by Gasteiger charge is -2.11. The molecule has 54 valence electrons. The molecule has 0 aromatic carbocycles. The van der Waals surface area contributed by atoms with Crippen molar-refractivity contribution in [2.24, 2.45) is 5.92 Å². The van der Waals surface area contributed by atoms with E-state index in [0.717, 1.165) is 0 Å². The maximum absolute atomic E-state index is 8.64. The minimum Gasteiger partial charge on any atom is -0.368 e. The van der Waals surface area contributed by atoms with Gasteiger partial charge in [0.2, 0.25) is 0 Å². The smallest absolute Gasteiger partial charge is 0.156 e. The summed E-state index contributed by atoms with van der Waals surface area (Å²) in [6.07, 6.45) is 9.13. The van der Waals surface area contributed by atoms with E-state index in [2.05, 4.69) is 11.8 Å². The van der Waals surface area contributed by atoms with E-state index >= 15 is 0 Å². The van der Waals surface area contributed by atoms with E-state index in [1.54, 1.807) is 0 Å². The Morgan fingerprint density at radius 2 is 1.50 bits per heavy atom. The number of hydrogen-bond acceptors (Lipinski definition) is 2. The van der Waals surface area contributed by atoms with Crippen LogP contribution in [0.3, 0.4) is 0 Å². The van der Waals surface area contributed by atoms with Crippen LogP contribution in [0.25, 0.3) is 0 Å². The molecule has 0 unspecified atom stereocenters. The number of rotatable bonds is 3. The summed E-state index contributed by atoms with van der Waals surface area (Å²) in [6, 6.07) is 0. The van der Waals surface area contributed by atoms with Crippen molar-refractivity contribution in [2.75, 3.05) is 0 Å². The Bertz CT molecular complexity index is 143. The van der Waals surface area contributed by atoms with Gasteiger partial charge < -0.3 is 10.2 Å². The van der Waals surface area contributed by atoms with Crippen LogP contribution in [0.4, 0.5) is 0 Å². The topological polar surface area (TPSA) is 40.5 Å². The largest absolute Gasteiger partial charge is 0.368 e. The molecule has 0 aliphatic carbocycles. The highest BCUT2D eigenvalue weighted by Crippen LogP contribution is 2.09. The average Bonchev–Trinajstić information content (AvgIpc) is 1.87. The Morgan fingerprint density at radius 3 is 1.70 bits per heavy atom. The maximum Gasteiger partial charge on any atom is 0.156 e. The van der Waals surface area contributed by atoms with Crippen LogP contribution < -0.4 is 0 Å². The normalized spacial score (nSPS) is 9.40. The summed E-state index contributed by atoms with van der Waals surface area (Å²) in [4.78, 5) is 0. The third-order valence-corrected chi connectivity index (χ3v) is 1.18. The van der Waals surface area contributed by atoms with E-state index in [1.807, 2.05) is 0 Å². The summed E-state index contributed by atoms with van der Waals surface area (Å²) >= 11 is 0. The van der Waals surface area contributed by atoms with Crippen molar-refractivity contribution < 1.29 is 10.2 Å². The van der Waals surface area contributed by atoms with Crippen molar-refractivity contribution in [1.82, 2.24) is 0 Å². The number of aliphatic hydroxyl groups excluding tert-OH is 1. The van der Waals surface area contributed by atoms with Gasteiger partial charge in [-0.05, 0) is 0 Å². The highest BCUT2D eigenvalue weighted by Gasteiger charge is 2.13. The van der Waals surface area contributed by atoms with Gasteiger partial charge in [-0.15, -0.1) is 24.7 Å². The first-order chi connectivity index (χ1) is 4.72. The molecule has 0 saturated carbocycles. The Balaban J connectivity index is 3.78. The molecular weight excluding hydrogens is 128 g/mol. The second kappa shape index (κ2) is 4.88. The van der Waals surface area contributed by atoms with Crippen LogP contribution in [-0.2, 0) is 0 Å². The van der Waals surface area contributed by atoms with Gasteiger partial charge in [0.15, 0.2) is 6.29 Å². The maximum atomic E-state index is 8.64. The highest BCUT2D eigenvalue weighted by molar-refractivity contribution is 4.94. The molecule has 0 spiro atoms. The van der Waals surface area contributed by atoms with E-state index in [9.17, 15) is 0 Å². The molecule has 0 aliphatic heterocycles. The van der Waals surface area contributed by atoms with Gasteiger partial charge in [0.25, 0.3) is 0 Å². The van der Waals surface area contributed by atoms with E-state index < -0.39 is 6.29 Å². The molecular formula is C8H10O2. The molecule has 0 aliphatic rings. The van der Waals surface area contributed by atoms with Crippen LogP contribution in [0.5, 0.6) is 0 Å². The van der Waals surface area contributed by atoms with Gasteiger partial charge in [-0.3, -0.25) is 0 Å². The lowest BCUT2D eigenvalue weighted by atomic mass is 10.0. The van der Waals surface area contributed by atoms with Crippen LogP contribution in [0.2, 0.25) is 0 Å². The van der Waals surface area contributed by atoms with Crippen molar-refractivity contribution in [3.05, 3.63) is 0 Å². The number of hydrogen-bond donors (Lipinski definition) is 2. The van der Waals surface area contributed by atoms with Crippen molar-refractivity contribution in [1.29, 1.82) is 0 Å². The molecule has 0 rings (SSSR count). The number of terminal acetylenes is 2. The number of aliphatic hydroxyl groups is 2. The molecule has 2 heteroatoms. The zero-order valence-electron chi connectivity index (χ0n) is 5.62. The zero-order valence-corrected chi connectivity index (χ0v) is 5.62. The fraction of sp³-hybridized carbons (Fsp3) is 0.500. The van der Waals surface area contributed by atoms with E-state index in [4.69, 9.17) is 23.1 Å². The van der Waals surface area contributed by atoms with Gasteiger partial charge in [0, 0.05) is 18.8 Å². The van der Waals surface area contributed by atoms with Gasteiger partial charge >= 0.3 is 0 Å². The van der Waals surface area contributed by atoms with E-state index in [-0.39, 0.29) is 5.92 Å². The zero-order chi connectivity index (χ0) is 7.98. The molecule has 0 radical (unpaired) electrons. The van der Waals surface area contributed by atoms with E-state index in [0.29, 0.717) is 12.8 Å². The summed E-state index contributed by atoms with van der Waals surface area (Å²) in [6.45, 7) is 0. The van der Waals surface area contributed by atoms with Gasteiger partial charge in [-0.1, -0.05) is 0 Å². The lowest BCUT2D eigenvalue weighted by Crippen LogP contribution is -2.18. The monoisotopic (exact) mass is 138 g/mol. The van der Waals surface area contributed by atoms with Crippen molar-refractivity contribution in [2.45, 2.75) is 19.1 Å². The van der Waals surface area contributed by atoms with Crippen LogP contribution in [-0.4, -0.2) is 16.5 Å². The summed E-state index contributed by atoms with van der Waals surface area (Å²) in [5.74, 6) is 4.26. The van der Waals surface area contributed by atoms with Gasteiger partial charge in [-0.2, -0.15) is 0 Å². The molecule has 0 bridgehead atoms. The van der Waals surface area contributed by atoms with Crippen LogP contribution in [0.15, 0.2) is 0 Å². The van der Waals surface area contributed by atoms with Gasteiger partial charge in [-0.25, -0.2) is 0 Å². The molecule has 2 nitrogen and oxygen atoms in total. The standard InChI is InChI=1S/C8H10O2/c1-3-5-7(6-4-2)8(9)10/h1-2,7-10H,5-6H2. The second-order valence-corrected chi connectivity index (χ2v) is 1.99. The van der Waals surface area contributed by atoms with Crippen LogP contribution in [0.1, 0.15) is 12.8 Å². The Labute approximate surface area is 60.9 Å². The van der Waals surface area contributed by atoms with Crippen LogP contribution >= 0.6 is 0 Å². The fourth-order valence-electron chi connectivity index (χ4n) is 0.586. The summed E-state index contributed by atoms with van der Waals surface area (Å²) < 4.78 is 0. The Morgan fingerprint density at radius 1 is 1.10 bits per heavy atom. The first-order valence-electron chi connectivity index (χ1n) is 2.95. The molecule has 0 saturated heterocycles. The summed E-state index contributed by atoms with van der Waals surface area (Å²) in [5.41, 5.74) is 0. The molecule has 0 heterocycles. The quantitative estimate of drug-likeness (QED) is 0.424. The predicted molar refractivity (Wildman–Crippen MR) is 38.6 cm³/mol. The van der Waals surface area contributed by atoms with Crippen LogP contribution in [0, 0.1) is 30.6 Å². The molecule has 0 aromatic heterocycles. The SMILES string of the molecule is C#CCC(CC#C)C(O)O. The van der Waals surface area contributed by atoms with Crippen molar-refractivity contribution in [3.63, 3.8) is 0 Å². The first-order valence-corrected chi connectivity index (χ1v) is 2.95. The summed E-state index contributed by atoms with van der Waals surface area (Å²) in [5, 5.41) is 17.3. The van der Waals surface area contributed by atoms with Gasteiger partial charge in [0.05, 0.1) is 0 Å². The fourth-order valence-corrected chi connectivity index (χ4v) is 0.586. The Hall–Kier alpha value is -0.960. The summed E-state index contributed by atoms with van der Waals surface area (Å²) in [7, 11) is 0. The predicted octanol–water partition coefficient (Wildman–Crippen LogP) is -0.0401. The van der Waals surface area contributed by atoms with E-state index in [1.165, 1.54) is 0 Å². The highest BCUT2D eigenvalue weighted by atomic mass is 16.5. The third kappa shape index (κ3) is 3.14. The molecule has 2 N–H and O–H groups in total. The minimum atomic E-state index is -1.40. The van der Waals surface area contributed by atoms with Gasteiger partial charge in [0.1, 0.15) is 0 Å². The molecule has 0 amide bonds. The average molecular weight is 138 g/mol. The second-order valence-electron chi connectivity index (χ2n) is 1.99. The van der Waals surface area contributed by atoms with Crippen molar-refractivity contribution >= 4 is 0 Å². The minimum absolute atomic E-state index is 0.307. The first kappa shape index (κ1) is 9.04. The molecule has 0 fully saturated rings. The molecule has 0 atom stereocenters. The molecule has 10 heavy (non-hydrogen) atoms.